The van der Waals surface area contributed by atoms with Crippen molar-refractivity contribution in [2.45, 2.75) is 26.5 Å². The minimum atomic E-state index is -0.821. The number of amides is 1. The van der Waals surface area contributed by atoms with Gasteiger partial charge in [-0.1, -0.05) is 11.6 Å². The molecule has 0 aliphatic carbocycles. The Balaban J connectivity index is 1.45. The normalized spacial score (nSPS) is 12.6. The number of rotatable bonds is 5. The Morgan fingerprint density at radius 3 is 2.86 bits per heavy atom. The molecule has 1 atom stereocenters. The molecule has 0 aliphatic heterocycles. The molecule has 0 aliphatic rings. The maximum atomic E-state index is 13.4. The number of carbonyl (C=O) groups excluding carboxylic acids is 1. The lowest BCUT2D eigenvalue weighted by molar-refractivity contribution is 0.0901. The van der Waals surface area contributed by atoms with E-state index in [4.69, 9.17) is 11.6 Å². The van der Waals surface area contributed by atoms with Crippen LogP contribution in [-0.2, 0) is 6.54 Å². The molecule has 150 valence electrons. The molecule has 1 unspecified atom stereocenters. The fourth-order valence-electron chi connectivity index (χ4n) is 3.34. The number of H-pyrrole nitrogens is 1. The highest BCUT2D eigenvalue weighted by atomic mass is 35.5. The summed E-state index contributed by atoms with van der Waals surface area (Å²) in [5.74, 6) is -0.897. The number of carbonyl (C=O) groups is 1. The summed E-state index contributed by atoms with van der Waals surface area (Å²) >= 11 is 6.21. The Morgan fingerprint density at radius 2 is 2.07 bits per heavy atom. The van der Waals surface area contributed by atoms with Crippen LogP contribution in [-0.4, -0.2) is 38.2 Å². The van der Waals surface area contributed by atoms with Crippen LogP contribution in [0.3, 0.4) is 0 Å². The molecule has 3 N–H and O–H groups in total. The molecule has 6 nitrogen and oxygen atoms in total. The maximum Gasteiger partial charge on any atom is 0.269 e. The van der Waals surface area contributed by atoms with Gasteiger partial charge < -0.3 is 20.0 Å². The minimum absolute atomic E-state index is 0.0312. The second kappa shape index (κ2) is 7.50. The highest BCUT2D eigenvalue weighted by Crippen LogP contribution is 2.28. The molecule has 1 amide bonds. The first-order valence-corrected chi connectivity index (χ1v) is 9.56. The van der Waals surface area contributed by atoms with Gasteiger partial charge in [0, 0.05) is 17.4 Å². The van der Waals surface area contributed by atoms with E-state index in [-0.39, 0.29) is 23.8 Å². The summed E-state index contributed by atoms with van der Waals surface area (Å²) in [4.78, 5) is 19.7. The van der Waals surface area contributed by atoms with Crippen molar-refractivity contribution < 1.29 is 14.3 Å². The van der Waals surface area contributed by atoms with Gasteiger partial charge in [0.15, 0.2) is 0 Å². The van der Waals surface area contributed by atoms with Crippen LogP contribution < -0.4 is 5.32 Å². The van der Waals surface area contributed by atoms with E-state index in [1.165, 1.54) is 18.2 Å². The number of aliphatic hydroxyl groups excluding tert-OH is 1. The summed E-state index contributed by atoms with van der Waals surface area (Å²) in [5, 5.41) is 13.6. The van der Waals surface area contributed by atoms with Gasteiger partial charge in [0.1, 0.15) is 11.5 Å². The van der Waals surface area contributed by atoms with Crippen LogP contribution in [0.15, 0.2) is 36.7 Å². The molecular weight excluding hydrogens is 395 g/mol. The molecule has 8 heteroatoms. The smallest absolute Gasteiger partial charge is 0.269 e. The van der Waals surface area contributed by atoms with Gasteiger partial charge in [0.2, 0.25) is 0 Å². The van der Waals surface area contributed by atoms with Crippen molar-refractivity contribution in [3.05, 3.63) is 64.3 Å². The van der Waals surface area contributed by atoms with E-state index < -0.39 is 17.8 Å². The second-order valence-electron chi connectivity index (χ2n) is 7.19. The fourth-order valence-corrected chi connectivity index (χ4v) is 3.63. The van der Waals surface area contributed by atoms with Gasteiger partial charge in [-0.3, -0.25) is 4.79 Å². The number of aromatic amines is 1. The summed E-state index contributed by atoms with van der Waals surface area (Å²) in [5.41, 5.74) is 4.80. The van der Waals surface area contributed by atoms with Gasteiger partial charge >= 0.3 is 0 Å². The molecular formula is C21H20ClFN4O2. The van der Waals surface area contributed by atoms with E-state index >= 15 is 0 Å². The van der Waals surface area contributed by atoms with Crippen LogP contribution in [0, 0.1) is 19.7 Å². The van der Waals surface area contributed by atoms with Crippen LogP contribution in [0.1, 0.15) is 21.6 Å². The third-order valence-corrected chi connectivity index (χ3v) is 5.46. The van der Waals surface area contributed by atoms with Gasteiger partial charge in [-0.2, -0.15) is 0 Å². The number of hydrogen-bond donors (Lipinski definition) is 3. The first kappa shape index (κ1) is 19.4. The Bertz CT molecular complexity index is 1230. The van der Waals surface area contributed by atoms with E-state index in [1.54, 1.807) is 6.33 Å². The third kappa shape index (κ3) is 3.71. The number of hydrogen-bond acceptors (Lipinski definition) is 3. The van der Waals surface area contributed by atoms with E-state index in [0.717, 1.165) is 22.2 Å². The number of benzene rings is 2. The molecule has 2 aromatic heterocycles. The molecule has 0 spiro atoms. The fraction of sp³-hybridized carbons (Fsp3) is 0.238. The van der Waals surface area contributed by atoms with Crippen molar-refractivity contribution in [3.63, 3.8) is 0 Å². The highest BCUT2D eigenvalue weighted by Gasteiger charge is 2.18. The molecule has 29 heavy (non-hydrogen) atoms. The van der Waals surface area contributed by atoms with Gasteiger partial charge in [0.05, 0.1) is 35.0 Å². The molecule has 2 heterocycles. The standard InChI is InChI=1S/C21H20ClFN4O2/c1-11-5-17-18(6-12(11)2)27(10-25-17)9-14(28)8-24-21(29)20-19(22)15-7-13(23)3-4-16(15)26-20/h3-7,10,14,26,28H,8-9H2,1-2H3,(H,24,29). The second-order valence-corrected chi connectivity index (χ2v) is 7.57. The largest absolute Gasteiger partial charge is 0.389 e. The Hall–Kier alpha value is -2.90. The van der Waals surface area contributed by atoms with Crippen molar-refractivity contribution >= 4 is 39.4 Å². The van der Waals surface area contributed by atoms with Crippen LogP contribution in [0.2, 0.25) is 5.02 Å². The van der Waals surface area contributed by atoms with Gasteiger partial charge in [-0.15, -0.1) is 0 Å². The van der Waals surface area contributed by atoms with E-state index in [2.05, 4.69) is 15.3 Å². The average molecular weight is 415 g/mol. The van der Waals surface area contributed by atoms with Crippen LogP contribution in [0.4, 0.5) is 4.39 Å². The van der Waals surface area contributed by atoms with Crippen molar-refractivity contribution in [2.24, 2.45) is 0 Å². The minimum Gasteiger partial charge on any atom is -0.389 e. The molecule has 0 bridgehead atoms. The quantitative estimate of drug-likeness (QED) is 0.465. The van der Waals surface area contributed by atoms with Crippen LogP contribution >= 0.6 is 11.6 Å². The Morgan fingerprint density at radius 1 is 1.31 bits per heavy atom. The average Bonchev–Trinajstić information content (AvgIpc) is 3.21. The lowest BCUT2D eigenvalue weighted by Gasteiger charge is -2.13. The Kier molecular flexibility index (Phi) is 5.02. The summed E-state index contributed by atoms with van der Waals surface area (Å²) < 4.78 is 15.3. The predicted octanol–water partition coefficient (Wildman–Crippen LogP) is 3.72. The van der Waals surface area contributed by atoms with E-state index in [0.29, 0.717) is 10.9 Å². The number of imidazole rings is 1. The van der Waals surface area contributed by atoms with E-state index in [9.17, 15) is 14.3 Å². The predicted molar refractivity (Wildman–Crippen MR) is 111 cm³/mol. The number of aliphatic hydroxyl groups is 1. The van der Waals surface area contributed by atoms with Gasteiger partial charge in [-0.25, -0.2) is 9.37 Å². The third-order valence-electron chi connectivity index (χ3n) is 5.07. The molecule has 0 saturated carbocycles. The monoisotopic (exact) mass is 414 g/mol. The topological polar surface area (TPSA) is 82.9 Å². The number of nitrogens with one attached hydrogen (secondary N) is 2. The molecule has 0 saturated heterocycles. The lowest BCUT2D eigenvalue weighted by atomic mass is 10.1. The van der Waals surface area contributed by atoms with Crippen LogP contribution in [0.5, 0.6) is 0 Å². The number of aryl methyl sites for hydroxylation is 2. The molecule has 0 fully saturated rings. The number of fused-ring (bicyclic) bond motifs is 2. The number of nitrogens with zero attached hydrogens (tertiary/aromatic N) is 2. The Labute approximate surface area is 171 Å². The molecule has 2 aromatic carbocycles. The number of halogens is 2. The zero-order chi connectivity index (χ0) is 20.7. The zero-order valence-corrected chi connectivity index (χ0v) is 16.7. The SMILES string of the molecule is Cc1cc2ncn(CC(O)CNC(=O)c3[nH]c4ccc(F)cc4c3Cl)c2cc1C. The zero-order valence-electron chi connectivity index (χ0n) is 16.0. The highest BCUT2D eigenvalue weighted by molar-refractivity contribution is 6.38. The summed E-state index contributed by atoms with van der Waals surface area (Å²) in [6.45, 7) is 4.37. The first-order valence-electron chi connectivity index (χ1n) is 9.18. The number of aromatic nitrogens is 3. The summed E-state index contributed by atoms with van der Waals surface area (Å²) in [7, 11) is 0. The summed E-state index contributed by atoms with van der Waals surface area (Å²) in [6.07, 6.45) is 0.857. The maximum absolute atomic E-state index is 13.4. The molecule has 4 rings (SSSR count). The molecule has 0 radical (unpaired) electrons. The van der Waals surface area contributed by atoms with Crippen molar-refractivity contribution in [1.29, 1.82) is 0 Å². The first-order chi connectivity index (χ1) is 13.8. The van der Waals surface area contributed by atoms with Gasteiger partial charge in [-0.05, 0) is 55.3 Å². The van der Waals surface area contributed by atoms with Gasteiger partial charge in [0.25, 0.3) is 5.91 Å². The summed E-state index contributed by atoms with van der Waals surface area (Å²) in [6, 6.07) is 8.13. The van der Waals surface area contributed by atoms with Crippen molar-refractivity contribution in [2.75, 3.05) is 6.54 Å². The molecule has 4 aromatic rings. The van der Waals surface area contributed by atoms with Crippen molar-refractivity contribution in [3.8, 4) is 0 Å². The van der Waals surface area contributed by atoms with Crippen LogP contribution in [0.25, 0.3) is 21.9 Å². The van der Waals surface area contributed by atoms with E-state index in [1.807, 2.05) is 30.5 Å². The van der Waals surface area contributed by atoms with Crippen molar-refractivity contribution in [1.82, 2.24) is 19.9 Å². The lowest BCUT2D eigenvalue weighted by Crippen LogP contribution is -2.34.